The molecular formula is C13H10ClN5OS. The van der Waals surface area contributed by atoms with E-state index in [0.29, 0.717) is 23.0 Å². The number of hydrogen-bond donors (Lipinski definition) is 1. The molecule has 1 amide bonds. The molecule has 0 spiro atoms. The van der Waals surface area contributed by atoms with Crippen LogP contribution in [0.4, 0.5) is 0 Å². The van der Waals surface area contributed by atoms with E-state index in [1.807, 2.05) is 13.0 Å². The molecule has 1 atom stereocenters. The number of nitrogens with one attached hydrogen (secondary N) is 1. The molecule has 0 fully saturated rings. The highest BCUT2D eigenvalue weighted by atomic mass is 35.5. The van der Waals surface area contributed by atoms with Gasteiger partial charge in [0.25, 0.3) is 5.91 Å². The monoisotopic (exact) mass is 319 g/mol. The van der Waals surface area contributed by atoms with E-state index < -0.39 is 0 Å². The summed E-state index contributed by atoms with van der Waals surface area (Å²) < 4.78 is 6.77. The number of halogens is 1. The number of hydrogen-bond acceptors (Lipinski definition) is 5. The normalized spacial score (nSPS) is 17.8. The lowest BCUT2D eigenvalue weighted by Crippen LogP contribution is -2.38. The Morgan fingerprint density at radius 1 is 1.52 bits per heavy atom. The highest BCUT2D eigenvalue weighted by Crippen LogP contribution is 2.37. The molecule has 0 radical (unpaired) electrons. The molecule has 3 aromatic rings. The summed E-state index contributed by atoms with van der Waals surface area (Å²) in [5.41, 5.74) is 2.68. The SMILES string of the molecule is C[C@@H]1CNC(=O)c2c(Cl)c(-c3ccnc4cnsc34)nn21. The topological polar surface area (TPSA) is 72.7 Å². The highest BCUT2D eigenvalue weighted by molar-refractivity contribution is 7.13. The third-order valence-electron chi connectivity index (χ3n) is 3.55. The fourth-order valence-electron chi connectivity index (χ4n) is 2.49. The standard InChI is InChI=1S/C13H10ClN5OS/c1-6-4-16-13(20)11-9(14)10(18-19(6)11)7-2-3-15-8-5-17-21-12(7)8/h2-3,5-6H,4H2,1H3,(H,16,20)/t6-/m1/s1. The van der Waals surface area contributed by atoms with Crippen LogP contribution in [-0.4, -0.2) is 31.6 Å². The zero-order valence-corrected chi connectivity index (χ0v) is 12.6. The molecule has 0 bridgehead atoms. The van der Waals surface area contributed by atoms with Gasteiger partial charge >= 0.3 is 0 Å². The van der Waals surface area contributed by atoms with Gasteiger partial charge in [0.2, 0.25) is 0 Å². The Morgan fingerprint density at radius 2 is 2.38 bits per heavy atom. The molecule has 8 heteroatoms. The van der Waals surface area contributed by atoms with Gasteiger partial charge in [-0.2, -0.15) is 9.47 Å². The number of aromatic nitrogens is 4. The van der Waals surface area contributed by atoms with Crippen molar-refractivity contribution in [1.29, 1.82) is 0 Å². The van der Waals surface area contributed by atoms with Crippen molar-refractivity contribution in [3.05, 3.63) is 29.2 Å². The molecule has 4 heterocycles. The number of rotatable bonds is 1. The zero-order chi connectivity index (χ0) is 14.6. The first kappa shape index (κ1) is 12.7. The van der Waals surface area contributed by atoms with E-state index in [1.165, 1.54) is 11.5 Å². The summed E-state index contributed by atoms with van der Waals surface area (Å²) in [5, 5.41) is 7.75. The number of carbonyl (C=O) groups excluding carboxylic acids is 1. The van der Waals surface area contributed by atoms with Gasteiger partial charge in [0.05, 0.1) is 22.0 Å². The predicted octanol–water partition coefficient (Wildman–Crippen LogP) is 2.51. The predicted molar refractivity (Wildman–Crippen MR) is 80.7 cm³/mol. The van der Waals surface area contributed by atoms with Crippen molar-refractivity contribution in [3.8, 4) is 11.3 Å². The lowest BCUT2D eigenvalue weighted by molar-refractivity contribution is 0.0913. The molecule has 3 aromatic heterocycles. The van der Waals surface area contributed by atoms with Crippen LogP contribution < -0.4 is 5.32 Å². The first-order chi connectivity index (χ1) is 10.2. The third kappa shape index (κ3) is 1.77. The van der Waals surface area contributed by atoms with Gasteiger partial charge in [0.1, 0.15) is 16.9 Å². The van der Waals surface area contributed by atoms with Gasteiger partial charge in [-0.25, -0.2) is 0 Å². The summed E-state index contributed by atoms with van der Waals surface area (Å²) in [6.07, 6.45) is 3.41. The highest BCUT2D eigenvalue weighted by Gasteiger charge is 2.30. The van der Waals surface area contributed by atoms with Crippen molar-refractivity contribution in [2.75, 3.05) is 6.54 Å². The third-order valence-corrected chi connectivity index (χ3v) is 4.73. The summed E-state index contributed by atoms with van der Waals surface area (Å²) in [7, 11) is 0. The second kappa shape index (κ2) is 4.51. The van der Waals surface area contributed by atoms with Crippen LogP contribution in [0, 0.1) is 0 Å². The minimum absolute atomic E-state index is 0.0720. The van der Waals surface area contributed by atoms with Crippen LogP contribution in [0.15, 0.2) is 18.5 Å². The van der Waals surface area contributed by atoms with Gasteiger partial charge in [-0.05, 0) is 24.5 Å². The van der Waals surface area contributed by atoms with Crippen molar-refractivity contribution in [1.82, 2.24) is 24.5 Å². The zero-order valence-electron chi connectivity index (χ0n) is 11.0. The number of carbonyl (C=O) groups is 1. The lowest BCUT2D eigenvalue weighted by Gasteiger charge is -2.21. The molecule has 21 heavy (non-hydrogen) atoms. The molecule has 0 saturated heterocycles. The molecule has 0 aromatic carbocycles. The van der Waals surface area contributed by atoms with Crippen molar-refractivity contribution >= 4 is 39.3 Å². The van der Waals surface area contributed by atoms with E-state index in [1.54, 1.807) is 17.1 Å². The fraction of sp³-hybridized carbons (Fsp3) is 0.231. The van der Waals surface area contributed by atoms with Crippen molar-refractivity contribution < 1.29 is 4.79 Å². The average Bonchev–Trinajstić information content (AvgIpc) is 3.08. The van der Waals surface area contributed by atoms with Gasteiger partial charge < -0.3 is 5.32 Å². The average molecular weight is 320 g/mol. The van der Waals surface area contributed by atoms with E-state index >= 15 is 0 Å². The van der Waals surface area contributed by atoms with Crippen LogP contribution in [0.1, 0.15) is 23.5 Å². The molecule has 0 aliphatic carbocycles. The summed E-state index contributed by atoms with van der Waals surface area (Å²) in [6.45, 7) is 2.54. The van der Waals surface area contributed by atoms with E-state index in [0.717, 1.165) is 15.8 Å². The Bertz CT molecular complexity index is 871. The summed E-state index contributed by atoms with van der Waals surface area (Å²) in [4.78, 5) is 16.3. The van der Waals surface area contributed by atoms with Crippen molar-refractivity contribution in [2.24, 2.45) is 0 Å². The van der Waals surface area contributed by atoms with Crippen LogP contribution in [0.5, 0.6) is 0 Å². The fourth-order valence-corrected chi connectivity index (χ4v) is 3.52. The Morgan fingerprint density at radius 3 is 3.19 bits per heavy atom. The second-order valence-corrected chi connectivity index (χ2v) is 6.09. The van der Waals surface area contributed by atoms with E-state index in [2.05, 4.69) is 19.8 Å². The summed E-state index contributed by atoms with van der Waals surface area (Å²) in [6, 6.07) is 1.92. The van der Waals surface area contributed by atoms with Gasteiger partial charge in [-0.1, -0.05) is 11.6 Å². The Labute approximate surface area is 128 Å². The minimum Gasteiger partial charge on any atom is -0.349 e. The molecular weight excluding hydrogens is 310 g/mol. The number of fused-ring (bicyclic) bond motifs is 2. The van der Waals surface area contributed by atoms with Crippen LogP contribution in [0.25, 0.3) is 21.5 Å². The van der Waals surface area contributed by atoms with Crippen LogP contribution in [0.3, 0.4) is 0 Å². The molecule has 4 rings (SSSR count). The number of pyridine rings is 1. The van der Waals surface area contributed by atoms with Gasteiger partial charge in [-0.15, -0.1) is 0 Å². The minimum atomic E-state index is -0.188. The van der Waals surface area contributed by atoms with E-state index in [9.17, 15) is 4.79 Å². The Kier molecular flexibility index (Phi) is 2.73. The number of nitrogens with zero attached hydrogens (tertiary/aromatic N) is 4. The van der Waals surface area contributed by atoms with E-state index in [4.69, 9.17) is 11.6 Å². The first-order valence-corrected chi connectivity index (χ1v) is 7.58. The molecule has 106 valence electrons. The smallest absolute Gasteiger partial charge is 0.271 e. The van der Waals surface area contributed by atoms with Gasteiger partial charge in [0, 0.05) is 18.3 Å². The molecule has 1 aliphatic rings. The maximum absolute atomic E-state index is 12.0. The van der Waals surface area contributed by atoms with E-state index in [-0.39, 0.29) is 11.9 Å². The second-order valence-electron chi connectivity index (χ2n) is 4.91. The summed E-state index contributed by atoms with van der Waals surface area (Å²) >= 11 is 7.77. The van der Waals surface area contributed by atoms with Crippen molar-refractivity contribution in [2.45, 2.75) is 13.0 Å². The van der Waals surface area contributed by atoms with Crippen LogP contribution in [0.2, 0.25) is 5.02 Å². The Hall–Kier alpha value is -1.99. The maximum atomic E-state index is 12.0. The largest absolute Gasteiger partial charge is 0.349 e. The first-order valence-electron chi connectivity index (χ1n) is 6.43. The molecule has 1 aliphatic heterocycles. The van der Waals surface area contributed by atoms with Crippen LogP contribution in [-0.2, 0) is 0 Å². The lowest BCUT2D eigenvalue weighted by atomic mass is 10.1. The molecule has 0 unspecified atom stereocenters. The van der Waals surface area contributed by atoms with Gasteiger partial charge in [0.15, 0.2) is 0 Å². The van der Waals surface area contributed by atoms with Crippen molar-refractivity contribution in [3.63, 3.8) is 0 Å². The van der Waals surface area contributed by atoms with Gasteiger partial charge in [-0.3, -0.25) is 14.5 Å². The quantitative estimate of drug-likeness (QED) is 0.748. The van der Waals surface area contributed by atoms with Crippen LogP contribution >= 0.6 is 23.1 Å². The maximum Gasteiger partial charge on any atom is 0.271 e. The number of amides is 1. The summed E-state index contributed by atoms with van der Waals surface area (Å²) in [5.74, 6) is -0.188. The molecule has 0 saturated carbocycles. The molecule has 1 N–H and O–H groups in total. The Balaban J connectivity index is 2.00. The molecule has 6 nitrogen and oxygen atoms in total.